The van der Waals surface area contributed by atoms with E-state index in [2.05, 4.69) is 10.1 Å². The monoisotopic (exact) mass is 302 g/mol. The molecule has 1 saturated carbocycles. The Kier molecular flexibility index (Phi) is 6.42. The molecule has 2 N–H and O–H groups in total. The number of nitrogens with two attached hydrogens (primary N) is 1. The van der Waals surface area contributed by atoms with Gasteiger partial charge in [-0.05, 0) is 26.2 Å². The Hall–Kier alpha value is -1.14. The molecule has 1 aliphatic rings. The number of hydrogen-bond acceptors (Lipinski definition) is 5. The van der Waals surface area contributed by atoms with Gasteiger partial charge in [0.25, 0.3) is 0 Å². The van der Waals surface area contributed by atoms with E-state index in [4.69, 9.17) is 10.3 Å². The maximum absolute atomic E-state index is 11.9. The highest BCUT2D eigenvalue weighted by atomic mass is 35.5. The molecule has 0 aliphatic heterocycles. The maximum atomic E-state index is 11.9. The summed E-state index contributed by atoms with van der Waals surface area (Å²) < 4.78 is 5.17. The molecule has 6 nitrogen and oxygen atoms in total. The zero-order chi connectivity index (χ0) is 13.8. The predicted octanol–water partition coefficient (Wildman–Crippen LogP) is 1.50. The van der Waals surface area contributed by atoms with Gasteiger partial charge in [-0.15, -0.1) is 12.4 Å². The van der Waals surface area contributed by atoms with Crippen molar-refractivity contribution in [3.63, 3.8) is 0 Å². The molecule has 1 heterocycles. The van der Waals surface area contributed by atoms with Gasteiger partial charge >= 0.3 is 0 Å². The van der Waals surface area contributed by atoms with Gasteiger partial charge in [0.2, 0.25) is 11.8 Å². The van der Waals surface area contributed by atoms with Crippen LogP contribution in [0.15, 0.2) is 4.52 Å². The fourth-order valence-corrected chi connectivity index (χ4v) is 1.85. The minimum absolute atomic E-state index is 0. The van der Waals surface area contributed by atoms with Gasteiger partial charge in [-0.1, -0.05) is 5.16 Å². The molecule has 1 aliphatic carbocycles. The van der Waals surface area contributed by atoms with Gasteiger partial charge in [0.1, 0.15) is 0 Å². The Morgan fingerprint density at radius 3 is 2.85 bits per heavy atom. The van der Waals surface area contributed by atoms with Crippen LogP contribution in [-0.2, 0) is 11.2 Å². The molecule has 1 aromatic heterocycles. The molecule has 2 rings (SSSR count). The average molecular weight is 303 g/mol. The molecule has 1 amide bonds. The molecule has 7 heteroatoms. The molecule has 1 atom stereocenters. The lowest BCUT2D eigenvalue weighted by atomic mass is 10.2. The average Bonchev–Trinajstić information content (AvgIpc) is 3.17. The quantitative estimate of drug-likeness (QED) is 0.825. The van der Waals surface area contributed by atoms with Crippen LogP contribution in [0, 0.1) is 0 Å². The van der Waals surface area contributed by atoms with Crippen LogP contribution in [0.1, 0.15) is 50.2 Å². The fraction of sp³-hybridized carbons (Fsp3) is 0.769. The molecule has 1 fully saturated rings. The molecule has 1 aromatic rings. The van der Waals surface area contributed by atoms with E-state index in [0.29, 0.717) is 31.2 Å². The van der Waals surface area contributed by atoms with Crippen molar-refractivity contribution in [1.82, 2.24) is 15.0 Å². The maximum Gasteiger partial charge on any atom is 0.226 e. The second-order valence-electron chi connectivity index (χ2n) is 5.26. The van der Waals surface area contributed by atoms with Crippen LogP contribution in [0.25, 0.3) is 0 Å². The molecular formula is C13H23ClN4O2. The number of nitrogens with zero attached hydrogens (tertiary/aromatic N) is 3. The summed E-state index contributed by atoms with van der Waals surface area (Å²) in [6.07, 6.45) is 4.21. The van der Waals surface area contributed by atoms with Crippen LogP contribution in [0.5, 0.6) is 0 Å². The highest BCUT2D eigenvalue weighted by Gasteiger charge is 2.28. The van der Waals surface area contributed by atoms with Gasteiger partial charge in [0.05, 0.1) is 0 Å². The van der Waals surface area contributed by atoms with Crippen LogP contribution in [-0.4, -0.2) is 40.6 Å². The first-order valence-corrected chi connectivity index (χ1v) is 6.90. The lowest BCUT2D eigenvalue weighted by Gasteiger charge is -2.23. The van der Waals surface area contributed by atoms with Crippen molar-refractivity contribution in [3.05, 3.63) is 11.7 Å². The molecular weight excluding hydrogens is 280 g/mol. The molecule has 0 spiro atoms. The van der Waals surface area contributed by atoms with Crippen LogP contribution < -0.4 is 5.73 Å². The number of aryl methyl sites for hydroxylation is 1. The number of aromatic nitrogens is 2. The number of halogens is 1. The molecule has 0 radical (unpaired) electrons. The Balaban J connectivity index is 0.00000200. The first-order chi connectivity index (χ1) is 9.11. The summed E-state index contributed by atoms with van der Waals surface area (Å²) in [7, 11) is 1.79. The van der Waals surface area contributed by atoms with E-state index >= 15 is 0 Å². The third kappa shape index (κ3) is 4.45. The molecule has 0 saturated heterocycles. The fourth-order valence-electron chi connectivity index (χ4n) is 1.85. The number of carbonyl (C=O) groups is 1. The van der Waals surface area contributed by atoms with Crippen molar-refractivity contribution in [2.45, 2.75) is 51.0 Å². The smallest absolute Gasteiger partial charge is 0.226 e. The summed E-state index contributed by atoms with van der Waals surface area (Å²) in [6.45, 7) is 2.43. The normalized spacial score (nSPS) is 15.6. The van der Waals surface area contributed by atoms with Crippen LogP contribution in [0.3, 0.4) is 0 Å². The molecule has 114 valence electrons. The number of hydrogen-bond donors (Lipinski definition) is 1. The first-order valence-electron chi connectivity index (χ1n) is 6.90. The minimum atomic E-state index is 0. The number of amides is 1. The minimum Gasteiger partial charge on any atom is -0.342 e. The van der Waals surface area contributed by atoms with Crippen molar-refractivity contribution in [2.24, 2.45) is 5.73 Å². The summed E-state index contributed by atoms with van der Waals surface area (Å²) in [6, 6.07) is 0.0809. The lowest BCUT2D eigenvalue weighted by Crippen LogP contribution is -2.39. The SMILES string of the molecule is CC(CN)N(C)C(=O)CCCc1nc(C2CC2)no1.Cl. The third-order valence-electron chi connectivity index (χ3n) is 3.60. The van der Waals surface area contributed by atoms with Gasteiger partial charge < -0.3 is 15.2 Å². The summed E-state index contributed by atoms with van der Waals surface area (Å²) in [5.74, 6) is 2.09. The Labute approximate surface area is 125 Å². The highest BCUT2D eigenvalue weighted by molar-refractivity contribution is 5.85. The second kappa shape index (κ2) is 7.59. The van der Waals surface area contributed by atoms with E-state index in [1.807, 2.05) is 6.92 Å². The molecule has 0 aromatic carbocycles. The van der Waals surface area contributed by atoms with Crippen molar-refractivity contribution < 1.29 is 9.32 Å². The summed E-state index contributed by atoms with van der Waals surface area (Å²) >= 11 is 0. The van der Waals surface area contributed by atoms with Gasteiger partial charge in [0, 0.05) is 38.4 Å². The van der Waals surface area contributed by atoms with Crippen LogP contribution in [0.2, 0.25) is 0 Å². The molecule has 0 bridgehead atoms. The Bertz CT molecular complexity index is 434. The standard InChI is InChI=1S/C13H22N4O2.ClH/c1-9(8-14)17(2)12(18)5-3-4-11-15-13(16-19-11)10-6-7-10;/h9-10H,3-8,14H2,1-2H3;1H. The lowest BCUT2D eigenvalue weighted by molar-refractivity contribution is -0.131. The molecule has 20 heavy (non-hydrogen) atoms. The second-order valence-corrected chi connectivity index (χ2v) is 5.26. The Morgan fingerprint density at radius 1 is 1.55 bits per heavy atom. The summed E-state index contributed by atoms with van der Waals surface area (Å²) in [5, 5.41) is 3.95. The Morgan fingerprint density at radius 2 is 2.25 bits per heavy atom. The summed E-state index contributed by atoms with van der Waals surface area (Å²) in [5.41, 5.74) is 5.54. The highest BCUT2D eigenvalue weighted by Crippen LogP contribution is 2.38. The van der Waals surface area contributed by atoms with Crippen molar-refractivity contribution in [1.29, 1.82) is 0 Å². The van der Waals surface area contributed by atoms with Gasteiger partial charge in [-0.2, -0.15) is 4.98 Å². The predicted molar refractivity (Wildman–Crippen MR) is 77.7 cm³/mol. The van der Waals surface area contributed by atoms with E-state index < -0.39 is 0 Å². The zero-order valence-electron chi connectivity index (χ0n) is 12.0. The van der Waals surface area contributed by atoms with Gasteiger partial charge in [-0.25, -0.2) is 0 Å². The molecule has 1 unspecified atom stereocenters. The van der Waals surface area contributed by atoms with Crippen molar-refractivity contribution >= 4 is 18.3 Å². The van der Waals surface area contributed by atoms with Crippen LogP contribution >= 0.6 is 12.4 Å². The van der Waals surface area contributed by atoms with Gasteiger partial charge in [0.15, 0.2) is 5.82 Å². The summed E-state index contributed by atoms with van der Waals surface area (Å²) in [4.78, 5) is 17.9. The topological polar surface area (TPSA) is 85.2 Å². The third-order valence-corrected chi connectivity index (χ3v) is 3.60. The van der Waals surface area contributed by atoms with E-state index in [1.54, 1.807) is 11.9 Å². The largest absolute Gasteiger partial charge is 0.342 e. The van der Waals surface area contributed by atoms with E-state index in [1.165, 1.54) is 12.8 Å². The van der Waals surface area contributed by atoms with E-state index in [9.17, 15) is 4.79 Å². The van der Waals surface area contributed by atoms with Crippen molar-refractivity contribution in [3.8, 4) is 0 Å². The number of rotatable bonds is 7. The van der Waals surface area contributed by atoms with Gasteiger partial charge in [-0.3, -0.25) is 4.79 Å². The number of carbonyl (C=O) groups excluding carboxylic acids is 1. The number of likely N-dealkylation sites (N-methyl/N-ethyl adjacent to an activating group) is 1. The zero-order valence-corrected chi connectivity index (χ0v) is 12.9. The first kappa shape index (κ1) is 16.9. The van der Waals surface area contributed by atoms with Crippen molar-refractivity contribution in [2.75, 3.05) is 13.6 Å². The van der Waals surface area contributed by atoms with E-state index in [-0.39, 0.29) is 24.4 Å². The van der Waals surface area contributed by atoms with Crippen LogP contribution in [0.4, 0.5) is 0 Å². The van der Waals surface area contributed by atoms with E-state index in [0.717, 1.165) is 12.2 Å².